The van der Waals surface area contributed by atoms with Gasteiger partial charge in [0.2, 0.25) is 9.70 Å². The van der Waals surface area contributed by atoms with E-state index in [4.69, 9.17) is 34.8 Å². The second kappa shape index (κ2) is 6.26. The standard InChI is InChI=1S/C11H10Cl3NO2/c12-11(13,14)10(17)15-9(16)7-6-8-4-2-1-3-5-8/h1-7,10,17H,(H,15,16)/b7-6+. The van der Waals surface area contributed by atoms with Gasteiger partial charge in [-0.15, -0.1) is 0 Å². The molecule has 0 aliphatic rings. The minimum atomic E-state index is -1.95. The first-order valence-electron chi connectivity index (χ1n) is 4.68. The fourth-order valence-electron chi connectivity index (χ4n) is 1.00. The number of alkyl halides is 3. The lowest BCUT2D eigenvalue weighted by Crippen LogP contribution is -2.42. The van der Waals surface area contributed by atoms with E-state index in [0.717, 1.165) is 5.56 Å². The van der Waals surface area contributed by atoms with Gasteiger partial charge in [0.15, 0.2) is 6.23 Å². The monoisotopic (exact) mass is 293 g/mol. The molecule has 0 saturated heterocycles. The summed E-state index contributed by atoms with van der Waals surface area (Å²) in [5.41, 5.74) is 0.853. The second-order valence-corrected chi connectivity index (χ2v) is 5.57. The topological polar surface area (TPSA) is 49.3 Å². The van der Waals surface area contributed by atoms with Gasteiger partial charge in [-0.3, -0.25) is 4.79 Å². The molecule has 0 fully saturated rings. The number of hydrogen-bond acceptors (Lipinski definition) is 2. The van der Waals surface area contributed by atoms with Crippen molar-refractivity contribution in [3.8, 4) is 0 Å². The summed E-state index contributed by atoms with van der Waals surface area (Å²) in [6.45, 7) is 0. The molecule has 0 aliphatic heterocycles. The summed E-state index contributed by atoms with van der Waals surface area (Å²) < 4.78 is -1.95. The van der Waals surface area contributed by atoms with Gasteiger partial charge in [-0.2, -0.15) is 0 Å². The molecule has 17 heavy (non-hydrogen) atoms. The maximum Gasteiger partial charge on any atom is 0.246 e. The van der Waals surface area contributed by atoms with Crippen LogP contribution < -0.4 is 5.32 Å². The maximum atomic E-state index is 11.3. The Labute approximate surface area is 114 Å². The summed E-state index contributed by atoms with van der Waals surface area (Å²) in [5, 5.41) is 11.4. The van der Waals surface area contributed by atoms with Crippen LogP contribution in [0.5, 0.6) is 0 Å². The lowest BCUT2D eigenvalue weighted by atomic mass is 10.2. The minimum absolute atomic E-state index is 0.548. The Morgan fingerprint density at radius 1 is 1.29 bits per heavy atom. The average molecular weight is 295 g/mol. The molecule has 0 saturated carbocycles. The fraction of sp³-hybridized carbons (Fsp3) is 0.182. The van der Waals surface area contributed by atoms with E-state index in [1.54, 1.807) is 6.08 Å². The first-order valence-corrected chi connectivity index (χ1v) is 5.81. The lowest BCUT2D eigenvalue weighted by Gasteiger charge is -2.18. The molecule has 0 aliphatic carbocycles. The van der Waals surface area contributed by atoms with Gasteiger partial charge >= 0.3 is 0 Å². The Balaban J connectivity index is 2.54. The number of aliphatic hydroxyl groups is 1. The van der Waals surface area contributed by atoms with Crippen LogP contribution in [-0.2, 0) is 4.79 Å². The van der Waals surface area contributed by atoms with E-state index < -0.39 is 15.9 Å². The van der Waals surface area contributed by atoms with E-state index >= 15 is 0 Å². The number of nitrogens with one attached hydrogen (secondary N) is 1. The molecule has 3 nitrogen and oxygen atoms in total. The Hall–Kier alpha value is -0.740. The fourth-order valence-corrected chi connectivity index (χ4v) is 1.16. The smallest absolute Gasteiger partial charge is 0.246 e. The van der Waals surface area contributed by atoms with Gasteiger partial charge in [0.1, 0.15) is 0 Å². The molecule has 92 valence electrons. The van der Waals surface area contributed by atoms with Crippen LogP contribution in [0.3, 0.4) is 0 Å². The molecule has 0 spiro atoms. The van der Waals surface area contributed by atoms with Gasteiger partial charge in [0.05, 0.1) is 0 Å². The van der Waals surface area contributed by atoms with Crippen LogP contribution in [0.4, 0.5) is 0 Å². The van der Waals surface area contributed by atoms with E-state index in [0.29, 0.717) is 0 Å². The van der Waals surface area contributed by atoms with E-state index in [1.165, 1.54) is 6.08 Å². The predicted molar refractivity (Wildman–Crippen MR) is 69.9 cm³/mol. The summed E-state index contributed by atoms with van der Waals surface area (Å²) in [5.74, 6) is -0.548. The zero-order valence-electron chi connectivity index (χ0n) is 8.61. The van der Waals surface area contributed by atoms with Crippen LogP contribution in [0.1, 0.15) is 5.56 Å². The number of amides is 1. The number of carbonyl (C=O) groups excluding carboxylic acids is 1. The highest BCUT2D eigenvalue weighted by Crippen LogP contribution is 2.28. The van der Waals surface area contributed by atoms with Crippen LogP contribution in [0.25, 0.3) is 6.08 Å². The first-order chi connectivity index (χ1) is 7.89. The molecule has 2 N–H and O–H groups in total. The zero-order chi connectivity index (χ0) is 12.9. The zero-order valence-corrected chi connectivity index (χ0v) is 10.9. The van der Waals surface area contributed by atoms with Crippen molar-refractivity contribution in [2.45, 2.75) is 10.0 Å². The normalized spacial score (nSPS) is 13.6. The molecule has 1 atom stereocenters. The molecule has 1 unspecified atom stereocenters. The number of hydrogen-bond donors (Lipinski definition) is 2. The molecular weight excluding hydrogens is 284 g/mol. The maximum absolute atomic E-state index is 11.3. The van der Waals surface area contributed by atoms with Crippen LogP contribution in [0.15, 0.2) is 36.4 Å². The lowest BCUT2D eigenvalue weighted by molar-refractivity contribution is -0.119. The van der Waals surface area contributed by atoms with Gasteiger partial charge in [-0.05, 0) is 11.6 Å². The van der Waals surface area contributed by atoms with Crippen LogP contribution in [-0.4, -0.2) is 21.0 Å². The predicted octanol–water partition coefficient (Wildman–Crippen LogP) is 2.50. The van der Waals surface area contributed by atoms with Crippen molar-refractivity contribution in [3.05, 3.63) is 42.0 Å². The Morgan fingerprint density at radius 3 is 2.41 bits per heavy atom. The number of halogens is 3. The van der Waals surface area contributed by atoms with Crippen LogP contribution in [0, 0.1) is 0 Å². The number of rotatable bonds is 3. The largest absolute Gasteiger partial charge is 0.369 e. The molecule has 1 aromatic carbocycles. The number of benzene rings is 1. The molecule has 0 aromatic heterocycles. The highest BCUT2D eigenvalue weighted by molar-refractivity contribution is 6.68. The van der Waals surface area contributed by atoms with Crippen LogP contribution >= 0.6 is 34.8 Å². The Morgan fingerprint density at radius 2 is 1.88 bits per heavy atom. The van der Waals surface area contributed by atoms with Crippen molar-refractivity contribution in [1.29, 1.82) is 0 Å². The minimum Gasteiger partial charge on any atom is -0.369 e. The van der Waals surface area contributed by atoms with Crippen molar-refractivity contribution in [3.63, 3.8) is 0 Å². The van der Waals surface area contributed by atoms with Crippen molar-refractivity contribution < 1.29 is 9.90 Å². The summed E-state index contributed by atoms with van der Waals surface area (Å²) in [7, 11) is 0. The van der Waals surface area contributed by atoms with Gasteiger partial charge in [-0.25, -0.2) is 0 Å². The van der Waals surface area contributed by atoms with E-state index in [-0.39, 0.29) is 0 Å². The first kappa shape index (κ1) is 14.3. The highest BCUT2D eigenvalue weighted by atomic mass is 35.6. The SMILES string of the molecule is O=C(/C=C/c1ccccc1)NC(O)C(Cl)(Cl)Cl. The van der Waals surface area contributed by atoms with Crippen LogP contribution in [0.2, 0.25) is 0 Å². The van der Waals surface area contributed by atoms with Gasteiger partial charge < -0.3 is 10.4 Å². The quantitative estimate of drug-likeness (QED) is 0.511. The third-order valence-corrected chi connectivity index (χ3v) is 2.44. The van der Waals surface area contributed by atoms with Crippen molar-refractivity contribution in [2.75, 3.05) is 0 Å². The number of carbonyl (C=O) groups is 1. The molecule has 0 heterocycles. The second-order valence-electron chi connectivity index (χ2n) is 3.20. The van der Waals surface area contributed by atoms with E-state index in [9.17, 15) is 9.90 Å². The van der Waals surface area contributed by atoms with Gasteiger partial charge in [0, 0.05) is 6.08 Å². The molecule has 1 amide bonds. The Bertz CT molecular complexity index is 401. The summed E-state index contributed by atoms with van der Waals surface area (Å²) in [6.07, 6.45) is 1.27. The Kier molecular flexibility index (Phi) is 5.28. The molecule has 1 aromatic rings. The summed E-state index contributed by atoms with van der Waals surface area (Å²) >= 11 is 16.2. The summed E-state index contributed by atoms with van der Waals surface area (Å²) in [6, 6.07) is 9.20. The molecule has 6 heteroatoms. The molecular formula is C11H10Cl3NO2. The van der Waals surface area contributed by atoms with Crippen molar-refractivity contribution >= 4 is 46.8 Å². The highest BCUT2D eigenvalue weighted by Gasteiger charge is 2.31. The third-order valence-electron chi connectivity index (χ3n) is 1.82. The van der Waals surface area contributed by atoms with Gasteiger partial charge in [0.25, 0.3) is 0 Å². The van der Waals surface area contributed by atoms with E-state index in [1.807, 2.05) is 30.3 Å². The van der Waals surface area contributed by atoms with Gasteiger partial charge in [-0.1, -0.05) is 65.1 Å². The van der Waals surface area contributed by atoms with Crippen molar-refractivity contribution in [2.24, 2.45) is 0 Å². The average Bonchev–Trinajstić information content (AvgIpc) is 2.26. The van der Waals surface area contributed by atoms with Crippen molar-refractivity contribution in [1.82, 2.24) is 5.32 Å². The molecule has 0 bridgehead atoms. The summed E-state index contributed by atoms with van der Waals surface area (Å²) in [4.78, 5) is 11.3. The molecule has 0 radical (unpaired) electrons. The number of aliphatic hydroxyl groups excluding tert-OH is 1. The third kappa shape index (κ3) is 5.41. The van der Waals surface area contributed by atoms with E-state index in [2.05, 4.69) is 5.32 Å². The molecule has 1 rings (SSSR count).